The third-order valence-electron chi connectivity index (χ3n) is 3.82. The Bertz CT molecular complexity index is 553. The van der Waals surface area contributed by atoms with Gasteiger partial charge in [-0.1, -0.05) is 39.8 Å². The van der Waals surface area contributed by atoms with Crippen molar-refractivity contribution >= 4 is 11.7 Å². The van der Waals surface area contributed by atoms with E-state index in [2.05, 4.69) is 19.2 Å². The first-order valence-corrected chi connectivity index (χ1v) is 8.97. The van der Waals surface area contributed by atoms with Gasteiger partial charge in [0.15, 0.2) is 5.78 Å². The van der Waals surface area contributed by atoms with E-state index < -0.39 is 12.1 Å². The van der Waals surface area contributed by atoms with Gasteiger partial charge in [0, 0.05) is 0 Å². The molecule has 0 saturated heterocycles. The second-order valence-corrected chi connectivity index (χ2v) is 7.46. The van der Waals surface area contributed by atoms with Crippen LogP contribution in [0.4, 0.5) is 0 Å². The molecule has 0 heterocycles. The molecule has 0 spiro atoms. The number of benzene rings is 1. The van der Waals surface area contributed by atoms with Gasteiger partial charge < -0.3 is 15.8 Å². The van der Waals surface area contributed by atoms with Crippen LogP contribution < -0.4 is 15.8 Å². The maximum absolute atomic E-state index is 12.2. The van der Waals surface area contributed by atoms with E-state index in [0.717, 1.165) is 11.3 Å². The average Bonchev–Trinajstić information content (AvgIpc) is 2.52. The molecule has 0 fully saturated rings. The van der Waals surface area contributed by atoms with Crippen molar-refractivity contribution in [3.05, 3.63) is 29.8 Å². The lowest BCUT2D eigenvalue weighted by atomic mass is 10.0. The summed E-state index contributed by atoms with van der Waals surface area (Å²) in [7, 11) is 0. The number of amides is 1. The Morgan fingerprint density at radius 3 is 2.16 bits per heavy atom. The molecule has 5 nitrogen and oxygen atoms in total. The van der Waals surface area contributed by atoms with E-state index in [9.17, 15) is 9.59 Å². The van der Waals surface area contributed by atoms with Crippen LogP contribution in [0, 0.1) is 11.8 Å². The van der Waals surface area contributed by atoms with Crippen molar-refractivity contribution in [3.63, 3.8) is 0 Å². The highest BCUT2D eigenvalue weighted by Crippen LogP contribution is 2.15. The van der Waals surface area contributed by atoms with Gasteiger partial charge in [-0.3, -0.25) is 9.59 Å². The lowest BCUT2D eigenvalue weighted by molar-refractivity contribution is -0.127. The Balaban J connectivity index is 2.65. The van der Waals surface area contributed by atoms with Crippen LogP contribution in [0.2, 0.25) is 0 Å². The highest BCUT2D eigenvalue weighted by Gasteiger charge is 2.22. The summed E-state index contributed by atoms with van der Waals surface area (Å²) in [4.78, 5) is 24.1. The summed E-state index contributed by atoms with van der Waals surface area (Å²) in [5.74, 6) is 1.25. The van der Waals surface area contributed by atoms with E-state index in [1.165, 1.54) is 6.92 Å². The minimum absolute atomic E-state index is 0.0785. The van der Waals surface area contributed by atoms with Crippen molar-refractivity contribution in [2.75, 3.05) is 6.61 Å². The standard InChI is InChI=1S/C20H32N2O3/c1-13(2)10-18(21)20(24)22-19(15(5)23)11-16-6-8-17(9-7-16)25-12-14(3)4/h6-9,13-14,18-19H,10-12,21H2,1-5H3,(H,22,24)/t18-,19-/m0/s1. The molecule has 1 rings (SSSR count). The largest absolute Gasteiger partial charge is 0.493 e. The maximum atomic E-state index is 12.2. The molecular formula is C20H32N2O3. The minimum atomic E-state index is -0.589. The van der Waals surface area contributed by atoms with Gasteiger partial charge in [-0.15, -0.1) is 0 Å². The second kappa shape index (κ2) is 10.2. The van der Waals surface area contributed by atoms with Crippen LogP contribution in [0.1, 0.15) is 46.6 Å². The molecule has 0 radical (unpaired) electrons. The van der Waals surface area contributed by atoms with Crippen LogP contribution in [0.3, 0.4) is 0 Å². The molecule has 0 aliphatic rings. The summed E-state index contributed by atoms with van der Waals surface area (Å²) in [5, 5.41) is 2.78. The Labute approximate surface area is 151 Å². The van der Waals surface area contributed by atoms with E-state index >= 15 is 0 Å². The quantitative estimate of drug-likeness (QED) is 0.681. The summed E-state index contributed by atoms with van der Waals surface area (Å²) in [5.41, 5.74) is 6.87. The normalized spacial score (nSPS) is 13.6. The number of hydrogen-bond donors (Lipinski definition) is 2. The average molecular weight is 348 g/mol. The first-order chi connectivity index (χ1) is 11.7. The lowest BCUT2D eigenvalue weighted by Gasteiger charge is -2.20. The van der Waals surface area contributed by atoms with Crippen LogP contribution in [0.5, 0.6) is 5.75 Å². The van der Waals surface area contributed by atoms with Gasteiger partial charge in [0.2, 0.25) is 5.91 Å². The number of carbonyl (C=O) groups excluding carboxylic acids is 2. The minimum Gasteiger partial charge on any atom is -0.493 e. The zero-order valence-corrected chi connectivity index (χ0v) is 16.0. The van der Waals surface area contributed by atoms with Gasteiger partial charge >= 0.3 is 0 Å². The molecule has 0 aliphatic heterocycles. The molecule has 25 heavy (non-hydrogen) atoms. The summed E-state index contributed by atoms with van der Waals surface area (Å²) >= 11 is 0. The summed E-state index contributed by atoms with van der Waals surface area (Å²) in [6.45, 7) is 10.4. The second-order valence-electron chi connectivity index (χ2n) is 7.46. The number of rotatable bonds is 10. The Morgan fingerprint density at radius 2 is 1.68 bits per heavy atom. The van der Waals surface area contributed by atoms with Gasteiger partial charge in [-0.25, -0.2) is 0 Å². The molecule has 1 amide bonds. The topological polar surface area (TPSA) is 81.4 Å². The third-order valence-corrected chi connectivity index (χ3v) is 3.82. The van der Waals surface area contributed by atoms with Gasteiger partial charge in [-0.2, -0.15) is 0 Å². The van der Waals surface area contributed by atoms with Crippen molar-refractivity contribution in [2.24, 2.45) is 17.6 Å². The van der Waals surface area contributed by atoms with E-state index in [1.54, 1.807) is 0 Å². The van der Waals surface area contributed by atoms with E-state index in [4.69, 9.17) is 10.5 Å². The van der Waals surface area contributed by atoms with Crippen LogP contribution in [0.15, 0.2) is 24.3 Å². The highest BCUT2D eigenvalue weighted by molar-refractivity contribution is 5.89. The number of nitrogens with two attached hydrogens (primary N) is 1. The number of ketones is 1. The van der Waals surface area contributed by atoms with Crippen LogP contribution >= 0.6 is 0 Å². The fourth-order valence-electron chi connectivity index (χ4n) is 2.41. The number of Topliss-reactive ketones (excluding diaryl/α,β-unsaturated/α-hetero) is 1. The Morgan fingerprint density at radius 1 is 1.08 bits per heavy atom. The summed E-state index contributed by atoms with van der Waals surface area (Å²) in [6.07, 6.45) is 1.04. The molecule has 1 aromatic rings. The molecule has 2 atom stereocenters. The molecule has 140 valence electrons. The van der Waals surface area contributed by atoms with Gasteiger partial charge in [0.1, 0.15) is 5.75 Å². The molecule has 0 bridgehead atoms. The molecular weight excluding hydrogens is 316 g/mol. The Hall–Kier alpha value is -1.88. The van der Waals surface area contributed by atoms with E-state index in [-0.39, 0.29) is 11.7 Å². The van der Waals surface area contributed by atoms with Crippen LogP contribution in [-0.4, -0.2) is 30.4 Å². The lowest BCUT2D eigenvalue weighted by Crippen LogP contribution is -2.49. The monoisotopic (exact) mass is 348 g/mol. The van der Waals surface area contributed by atoms with Crippen molar-refractivity contribution in [1.82, 2.24) is 5.32 Å². The number of hydrogen-bond acceptors (Lipinski definition) is 4. The molecule has 3 N–H and O–H groups in total. The molecule has 1 aromatic carbocycles. The van der Waals surface area contributed by atoms with Gasteiger partial charge in [-0.05, 0) is 49.3 Å². The third kappa shape index (κ3) is 8.16. The predicted molar refractivity (Wildman–Crippen MR) is 101 cm³/mol. The summed E-state index contributed by atoms with van der Waals surface area (Å²) in [6, 6.07) is 6.47. The molecule has 0 saturated carbocycles. The fraction of sp³-hybridized carbons (Fsp3) is 0.600. The molecule has 0 unspecified atom stereocenters. The van der Waals surface area contributed by atoms with E-state index in [1.807, 2.05) is 38.1 Å². The van der Waals surface area contributed by atoms with Gasteiger partial charge in [0.25, 0.3) is 0 Å². The fourth-order valence-corrected chi connectivity index (χ4v) is 2.41. The number of carbonyl (C=O) groups is 2. The zero-order chi connectivity index (χ0) is 19.0. The van der Waals surface area contributed by atoms with Crippen molar-refractivity contribution in [3.8, 4) is 5.75 Å². The van der Waals surface area contributed by atoms with Crippen molar-refractivity contribution < 1.29 is 14.3 Å². The van der Waals surface area contributed by atoms with E-state index in [0.29, 0.717) is 31.3 Å². The molecule has 5 heteroatoms. The van der Waals surface area contributed by atoms with Crippen molar-refractivity contribution in [2.45, 2.75) is 59.5 Å². The first kappa shape index (κ1) is 21.2. The number of nitrogens with one attached hydrogen (secondary N) is 1. The maximum Gasteiger partial charge on any atom is 0.237 e. The SMILES string of the molecule is CC(=O)[C@H](Cc1ccc(OCC(C)C)cc1)NC(=O)[C@@H](N)CC(C)C. The van der Waals surface area contributed by atoms with Crippen LogP contribution in [-0.2, 0) is 16.0 Å². The van der Waals surface area contributed by atoms with Gasteiger partial charge in [0.05, 0.1) is 18.7 Å². The first-order valence-electron chi connectivity index (χ1n) is 8.97. The molecule has 0 aliphatic carbocycles. The Kier molecular flexibility index (Phi) is 8.62. The van der Waals surface area contributed by atoms with Crippen molar-refractivity contribution in [1.29, 1.82) is 0 Å². The zero-order valence-electron chi connectivity index (χ0n) is 16.0. The van der Waals surface area contributed by atoms with Crippen LogP contribution in [0.25, 0.3) is 0 Å². The highest BCUT2D eigenvalue weighted by atomic mass is 16.5. The predicted octanol–water partition coefficient (Wildman–Crippen LogP) is 2.71. The molecule has 0 aromatic heterocycles. The summed E-state index contributed by atoms with van der Waals surface area (Å²) < 4.78 is 5.65. The number of ether oxygens (including phenoxy) is 1. The smallest absolute Gasteiger partial charge is 0.237 e.